The molecular formula is C23H23FNO5+. The standard InChI is InChI=1S/C23H22FNO5/c1-13-18-8-16-11-25(10-15-4-6-17(24)7-5-15)12-29-21(16)14(2)22(18)30-23(27)19(13)9-20(26)28-3/h4-8H,9-12H2,1-3H3/p+1. The van der Waals surface area contributed by atoms with Gasteiger partial charge in [-0.15, -0.1) is 0 Å². The number of benzene rings is 2. The van der Waals surface area contributed by atoms with Crippen LogP contribution in [-0.4, -0.2) is 19.8 Å². The molecule has 2 aromatic carbocycles. The largest absolute Gasteiger partial charge is 0.469 e. The van der Waals surface area contributed by atoms with E-state index in [1.165, 1.54) is 24.1 Å². The van der Waals surface area contributed by atoms with Crippen molar-refractivity contribution in [1.29, 1.82) is 0 Å². The summed E-state index contributed by atoms with van der Waals surface area (Å²) in [5.41, 5.74) is 3.76. The predicted molar refractivity (Wildman–Crippen MR) is 108 cm³/mol. The summed E-state index contributed by atoms with van der Waals surface area (Å²) in [7, 11) is 1.29. The van der Waals surface area contributed by atoms with Gasteiger partial charge in [-0.25, -0.2) is 9.18 Å². The number of hydrogen-bond acceptors (Lipinski definition) is 5. The Kier molecular flexibility index (Phi) is 5.30. The summed E-state index contributed by atoms with van der Waals surface area (Å²) in [6, 6.07) is 8.45. The number of hydrogen-bond donors (Lipinski definition) is 1. The Hall–Kier alpha value is -3.19. The van der Waals surface area contributed by atoms with Crippen LogP contribution in [0.2, 0.25) is 0 Å². The van der Waals surface area contributed by atoms with E-state index in [1.807, 2.05) is 19.9 Å². The molecule has 1 aliphatic rings. The fraction of sp³-hybridized carbons (Fsp3) is 0.304. The molecule has 1 atom stereocenters. The molecule has 0 radical (unpaired) electrons. The number of fused-ring (bicyclic) bond motifs is 2. The van der Waals surface area contributed by atoms with Crippen molar-refractivity contribution in [3.05, 3.63) is 74.4 Å². The lowest BCUT2D eigenvalue weighted by atomic mass is 9.97. The van der Waals surface area contributed by atoms with Crippen molar-refractivity contribution in [2.75, 3.05) is 13.8 Å². The Morgan fingerprint density at radius 3 is 2.63 bits per heavy atom. The minimum absolute atomic E-state index is 0.130. The Labute approximate surface area is 172 Å². The molecule has 2 heterocycles. The highest BCUT2D eigenvalue weighted by molar-refractivity contribution is 5.88. The number of nitrogens with one attached hydrogen (secondary N) is 1. The summed E-state index contributed by atoms with van der Waals surface area (Å²) in [6.45, 7) is 5.56. The van der Waals surface area contributed by atoms with Gasteiger partial charge in [-0.05, 0) is 37.6 Å². The van der Waals surface area contributed by atoms with Gasteiger partial charge in [0.2, 0.25) is 6.73 Å². The molecule has 0 spiro atoms. The van der Waals surface area contributed by atoms with E-state index >= 15 is 0 Å². The maximum Gasteiger partial charge on any atom is 0.340 e. The predicted octanol–water partition coefficient (Wildman–Crippen LogP) is 2.20. The summed E-state index contributed by atoms with van der Waals surface area (Å²) in [5, 5.41) is 0.788. The Morgan fingerprint density at radius 1 is 1.20 bits per heavy atom. The second-order valence-corrected chi connectivity index (χ2v) is 7.63. The summed E-state index contributed by atoms with van der Waals surface area (Å²) < 4.78 is 29.4. The van der Waals surface area contributed by atoms with Crippen molar-refractivity contribution in [3.8, 4) is 5.75 Å². The maximum atomic E-state index is 13.2. The van der Waals surface area contributed by atoms with Gasteiger partial charge in [-0.1, -0.05) is 12.1 Å². The van der Waals surface area contributed by atoms with Crippen molar-refractivity contribution in [2.24, 2.45) is 0 Å². The summed E-state index contributed by atoms with van der Waals surface area (Å²) >= 11 is 0. The van der Waals surface area contributed by atoms with Gasteiger partial charge in [0, 0.05) is 22.1 Å². The Balaban J connectivity index is 1.71. The smallest absolute Gasteiger partial charge is 0.340 e. The van der Waals surface area contributed by atoms with Crippen LogP contribution in [0.25, 0.3) is 11.0 Å². The molecule has 6 nitrogen and oxygen atoms in total. The highest BCUT2D eigenvalue weighted by Crippen LogP contribution is 2.34. The molecule has 0 aliphatic carbocycles. The number of halogens is 1. The van der Waals surface area contributed by atoms with Gasteiger partial charge >= 0.3 is 11.6 Å². The second kappa shape index (κ2) is 7.91. The van der Waals surface area contributed by atoms with Gasteiger partial charge in [0.1, 0.15) is 30.2 Å². The first-order chi connectivity index (χ1) is 14.4. The summed E-state index contributed by atoms with van der Waals surface area (Å²) in [5.74, 6) is -0.0119. The van der Waals surface area contributed by atoms with Crippen LogP contribution in [0.15, 0.2) is 39.5 Å². The number of rotatable bonds is 4. The van der Waals surface area contributed by atoms with Gasteiger partial charge in [0.15, 0.2) is 0 Å². The molecule has 1 unspecified atom stereocenters. The molecule has 0 amide bonds. The number of esters is 1. The first kappa shape index (κ1) is 20.1. The van der Waals surface area contributed by atoms with Crippen molar-refractivity contribution in [3.63, 3.8) is 0 Å². The lowest BCUT2D eigenvalue weighted by molar-refractivity contribution is -0.945. The van der Waals surface area contributed by atoms with Crippen molar-refractivity contribution in [1.82, 2.24) is 0 Å². The van der Waals surface area contributed by atoms with Crippen LogP contribution in [0.3, 0.4) is 0 Å². The van der Waals surface area contributed by atoms with E-state index in [0.717, 1.165) is 27.8 Å². The third kappa shape index (κ3) is 3.68. The molecule has 0 saturated carbocycles. The number of carbonyl (C=O) groups excluding carboxylic acids is 1. The van der Waals surface area contributed by atoms with Crippen LogP contribution in [-0.2, 0) is 29.0 Å². The minimum Gasteiger partial charge on any atom is -0.469 e. The Bertz CT molecular complexity index is 1180. The maximum absolute atomic E-state index is 13.2. The second-order valence-electron chi connectivity index (χ2n) is 7.63. The zero-order chi connectivity index (χ0) is 21.4. The van der Waals surface area contributed by atoms with Gasteiger partial charge in [0.25, 0.3) is 0 Å². The molecule has 1 aliphatic heterocycles. The van der Waals surface area contributed by atoms with Crippen LogP contribution in [0, 0.1) is 19.7 Å². The molecular weight excluding hydrogens is 389 g/mol. The van der Waals surface area contributed by atoms with E-state index in [1.54, 1.807) is 12.1 Å². The molecule has 4 rings (SSSR count). The van der Waals surface area contributed by atoms with Crippen LogP contribution in [0.5, 0.6) is 5.75 Å². The van der Waals surface area contributed by atoms with E-state index in [0.29, 0.717) is 36.5 Å². The van der Waals surface area contributed by atoms with Gasteiger partial charge in [-0.2, -0.15) is 0 Å². The van der Waals surface area contributed by atoms with Gasteiger partial charge < -0.3 is 13.9 Å². The first-order valence-electron chi connectivity index (χ1n) is 9.73. The van der Waals surface area contributed by atoms with Crippen molar-refractivity contribution < 1.29 is 28.0 Å². The average Bonchev–Trinajstić information content (AvgIpc) is 2.73. The number of carbonyl (C=O) groups is 1. The van der Waals surface area contributed by atoms with E-state index < -0.39 is 11.6 Å². The van der Waals surface area contributed by atoms with Crippen molar-refractivity contribution >= 4 is 16.9 Å². The molecule has 0 fully saturated rings. The normalized spacial score (nSPS) is 15.5. The number of ether oxygens (including phenoxy) is 2. The van der Waals surface area contributed by atoms with E-state index in [2.05, 4.69) is 0 Å². The lowest BCUT2D eigenvalue weighted by Crippen LogP contribution is -3.10. The monoisotopic (exact) mass is 412 g/mol. The molecule has 156 valence electrons. The van der Waals surface area contributed by atoms with Gasteiger partial charge in [-0.3, -0.25) is 9.69 Å². The molecule has 0 bridgehead atoms. The van der Waals surface area contributed by atoms with Crippen LogP contribution in [0.4, 0.5) is 4.39 Å². The molecule has 1 aromatic heterocycles. The first-order valence-corrected chi connectivity index (χ1v) is 9.73. The van der Waals surface area contributed by atoms with Gasteiger partial charge in [0.05, 0.1) is 19.1 Å². The molecule has 7 heteroatoms. The van der Waals surface area contributed by atoms with Crippen molar-refractivity contribution in [2.45, 2.75) is 33.4 Å². The molecule has 1 N–H and O–H groups in total. The zero-order valence-electron chi connectivity index (χ0n) is 17.1. The molecule has 30 heavy (non-hydrogen) atoms. The average molecular weight is 412 g/mol. The third-order valence-corrected chi connectivity index (χ3v) is 5.61. The van der Waals surface area contributed by atoms with Crippen LogP contribution < -0.4 is 15.3 Å². The fourth-order valence-corrected chi connectivity index (χ4v) is 3.98. The van der Waals surface area contributed by atoms with E-state index in [4.69, 9.17) is 13.9 Å². The Morgan fingerprint density at radius 2 is 1.93 bits per heavy atom. The summed E-state index contributed by atoms with van der Waals surface area (Å²) in [4.78, 5) is 25.3. The highest BCUT2D eigenvalue weighted by Gasteiger charge is 2.26. The number of methoxy groups -OCH3 is 1. The van der Waals surface area contributed by atoms with E-state index in [9.17, 15) is 14.0 Å². The van der Waals surface area contributed by atoms with Crippen LogP contribution >= 0.6 is 0 Å². The summed E-state index contributed by atoms with van der Waals surface area (Å²) in [6.07, 6.45) is -0.130. The quantitative estimate of drug-likeness (QED) is 0.526. The highest BCUT2D eigenvalue weighted by atomic mass is 19.1. The van der Waals surface area contributed by atoms with Crippen LogP contribution in [0.1, 0.15) is 27.8 Å². The SMILES string of the molecule is COC(=O)Cc1c(C)c2cc3c(c(C)c2oc1=O)OC[NH+](Cc1ccc(F)cc1)C3. The molecule has 0 saturated heterocycles. The zero-order valence-corrected chi connectivity index (χ0v) is 17.1. The van der Waals surface area contributed by atoms with E-state index in [-0.39, 0.29) is 12.2 Å². The third-order valence-electron chi connectivity index (χ3n) is 5.61. The molecule has 3 aromatic rings. The number of aryl methyl sites for hydroxylation is 2. The topological polar surface area (TPSA) is 70.2 Å². The number of quaternary nitrogens is 1. The lowest BCUT2D eigenvalue weighted by Gasteiger charge is -2.28. The minimum atomic E-state index is -0.534. The fourth-order valence-electron chi connectivity index (χ4n) is 3.98.